The molecule has 1 amide bonds. The summed E-state index contributed by atoms with van der Waals surface area (Å²) in [7, 11) is 0. The maximum atomic E-state index is 13.5. The van der Waals surface area contributed by atoms with E-state index < -0.39 is 17.5 Å². The molecule has 1 aromatic heterocycles. The summed E-state index contributed by atoms with van der Waals surface area (Å²) >= 11 is 0. The van der Waals surface area contributed by atoms with E-state index in [0.717, 1.165) is 25.0 Å². The van der Waals surface area contributed by atoms with Gasteiger partial charge in [0.05, 0.1) is 5.69 Å². The monoisotopic (exact) mass is 306 g/mol. The fourth-order valence-corrected chi connectivity index (χ4v) is 1.72. The van der Waals surface area contributed by atoms with Crippen molar-refractivity contribution < 1.29 is 13.6 Å². The van der Waals surface area contributed by atoms with Gasteiger partial charge in [-0.05, 0) is 24.6 Å². The van der Waals surface area contributed by atoms with Gasteiger partial charge in [-0.2, -0.15) is 0 Å². The molecule has 0 spiro atoms. The van der Waals surface area contributed by atoms with Crippen molar-refractivity contribution in [3.63, 3.8) is 0 Å². The third-order valence-corrected chi connectivity index (χ3v) is 2.88. The average Bonchev–Trinajstić information content (AvgIpc) is 2.50. The van der Waals surface area contributed by atoms with Crippen molar-refractivity contribution in [1.29, 1.82) is 0 Å². The lowest BCUT2D eigenvalue weighted by Gasteiger charge is -2.07. The van der Waals surface area contributed by atoms with Gasteiger partial charge in [-0.15, -0.1) is 0 Å². The zero-order valence-electron chi connectivity index (χ0n) is 12.1. The second-order valence-electron chi connectivity index (χ2n) is 4.62. The second-order valence-corrected chi connectivity index (χ2v) is 4.62. The van der Waals surface area contributed by atoms with E-state index in [4.69, 9.17) is 0 Å². The van der Waals surface area contributed by atoms with Crippen LogP contribution in [0.1, 0.15) is 30.3 Å². The van der Waals surface area contributed by atoms with Crippen LogP contribution in [-0.4, -0.2) is 22.4 Å². The normalized spacial score (nSPS) is 10.3. The lowest BCUT2D eigenvalue weighted by molar-refractivity contribution is 0.102. The Balaban J connectivity index is 2.07. The number of carbonyl (C=O) groups is 1. The molecule has 0 atom stereocenters. The predicted octanol–water partition coefficient (Wildman–Crippen LogP) is 3.22. The first-order valence-electron chi connectivity index (χ1n) is 6.93. The Hall–Kier alpha value is -2.57. The largest absolute Gasteiger partial charge is 0.354 e. The number of rotatable bonds is 6. The molecule has 0 aliphatic heterocycles. The van der Waals surface area contributed by atoms with Crippen molar-refractivity contribution in [3.05, 3.63) is 47.8 Å². The molecule has 0 bridgehead atoms. The van der Waals surface area contributed by atoms with Gasteiger partial charge < -0.3 is 10.6 Å². The van der Waals surface area contributed by atoms with E-state index in [2.05, 4.69) is 27.5 Å². The Morgan fingerprint density at radius 1 is 1.27 bits per heavy atom. The van der Waals surface area contributed by atoms with Gasteiger partial charge in [0.25, 0.3) is 5.91 Å². The van der Waals surface area contributed by atoms with Crippen molar-refractivity contribution in [2.24, 2.45) is 0 Å². The van der Waals surface area contributed by atoms with Crippen LogP contribution >= 0.6 is 0 Å². The third-order valence-electron chi connectivity index (χ3n) is 2.88. The molecule has 7 heteroatoms. The summed E-state index contributed by atoms with van der Waals surface area (Å²) in [5.41, 5.74) is -0.0109. The zero-order valence-corrected chi connectivity index (χ0v) is 12.1. The maximum Gasteiger partial charge on any atom is 0.274 e. The number of hydrogen-bond acceptors (Lipinski definition) is 4. The van der Waals surface area contributed by atoms with E-state index in [0.29, 0.717) is 18.6 Å². The predicted molar refractivity (Wildman–Crippen MR) is 79.7 cm³/mol. The lowest BCUT2D eigenvalue weighted by Crippen LogP contribution is -2.16. The molecule has 0 aliphatic carbocycles. The number of nitrogens with one attached hydrogen (secondary N) is 2. The van der Waals surface area contributed by atoms with Crippen LogP contribution in [0.25, 0.3) is 0 Å². The van der Waals surface area contributed by atoms with E-state index in [9.17, 15) is 13.6 Å². The molecule has 1 heterocycles. The zero-order chi connectivity index (χ0) is 15.9. The standard InChI is InChI=1S/C15H16F2N4O/c1-2-3-7-18-15-19-8-6-13(21-15)14(22)20-12-5-4-10(16)9-11(12)17/h4-6,8-9H,2-3,7H2,1H3,(H,20,22)(H,18,19,21). The molecule has 5 nitrogen and oxygen atoms in total. The smallest absolute Gasteiger partial charge is 0.274 e. The number of benzene rings is 1. The first-order chi connectivity index (χ1) is 10.6. The first-order valence-corrected chi connectivity index (χ1v) is 6.93. The lowest BCUT2D eigenvalue weighted by atomic mass is 10.3. The van der Waals surface area contributed by atoms with Crippen molar-refractivity contribution in [2.45, 2.75) is 19.8 Å². The van der Waals surface area contributed by atoms with E-state index in [1.165, 1.54) is 12.3 Å². The Morgan fingerprint density at radius 2 is 2.09 bits per heavy atom. The summed E-state index contributed by atoms with van der Waals surface area (Å²) in [6.45, 7) is 2.76. The Labute approximate surface area is 126 Å². The molecule has 2 rings (SSSR count). The van der Waals surface area contributed by atoms with Crippen LogP contribution in [0.15, 0.2) is 30.5 Å². The minimum Gasteiger partial charge on any atom is -0.354 e. The van der Waals surface area contributed by atoms with E-state index in [1.807, 2.05) is 0 Å². The van der Waals surface area contributed by atoms with Crippen LogP contribution in [0.4, 0.5) is 20.4 Å². The number of aromatic nitrogens is 2. The minimum atomic E-state index is -0.844. The third kappa shape index (κ3) is 4.21. The van der Waals surface area contributed by atoms with Gasteiger partial charge in [-0.1, -0.05) is 13.3 Å². The molecular formula is C15H16F2N4O. The summed E-state index contributed by atoms with van der Waals surface area (Å²) in [4.78, 5) is 20.1. The van der Waals surface area contributed by atoms with Gasteiger partial charge in [0, 0.05) is 18.8 Å². The van der Waals surface area contributed by atoms with Crippen LogP contribution in [0.3, 0.4) is 0 Å². The molecule has 0 aliphatic rings. The van der Waals surface area contributed by atoms with Gasteiger partial charge in [-0.25, -0.2) is 18.7 Å². The topological polar surface area (TPSA) is 66.9 Å². The van der Waals surface area contributed by atoms with Crippen molar-refractivity contribution >= 4 is 17.5 Å². The van der Waals surface area contributed by atoms with Crippen LogP contribution in [-0.2, 0) is 0 Å². The summed E-state index contributed by atoms with van der Waals surface area (Å²) in [6.07, 6.45) is 3.43. The molecule has 0 saturated heterocycles. The number of amides is 1. The molecule has 2 N–H and O–H groups in total. The molecule has 0 unspecified atom stereocenters. The highest BCUT2D eigenvalue weighted by Gasteiger charge is 2.12. The van der Waals surface area contributed by atoms with E-state index in [-0.39, 0.29) is 11.4 Å². The van der Waals surface area contributed by atoms with Crippen molar-refractivity contribution in [2.75, 3.05) is 17.2 Å². The minimum absolute atomic E-state index is 0.0951. The van der Waals surface area contributed by atoms with Crippen LogP contribution in [0.5, 0.6) is 0 Å². The highest BCUT2D eigenvalue weighted by molar-refractivity contribution is 6.03. The Bertz CT molecular complexity index is 664. The molecule has 1 aromatic carbocycles. The van der Waals surface area contributed by atoms with E-state index >= 15 is 0 Å². The molecule has 116 valence electrons. The molecule has 0 radical (unpaired) electrons. The van der Waals surface area contributed by atoms with Gasteiger partial charge >= 0.3 is 0 Å². The van der Waals surface area contributed by atoms with Gasteiger partial charge in [0.2, 0.25) is 5.95 Å². The molecule has 0 fully saturated rings. The summed E-state index contributed by atoms with van der Waals surface area (Å²) in [5.74, 6) is -1.81. The van der Waals surface area contributed by atoms with Crippen molar-refractivity contribution in [3.8, 4) is 0 Å². The Kier molecular flexibility index (Phi) is 5.35. The summed E-state index contributed by atoms with van der Waals surface area (Å²) in [6, 6.07) is 4.34. The van der Waals surface area contributed by atoms with Gasteiger partial charge in [0.1, 0.15) is 17.3 Å². The summed E-state index contributed by atoms with van der Waals surface area (Å²) < 4.78 is 26.3. The molecule has 22 heavy (non-hydrogen) atoms. The molecule has 0 saturated carbocycles. The highest BCUT2D eigenvalue weighted by Crippen LogP contribution is 2.15. The average molecular weight is 306 g/mol. The highest BCUT2D eigenvalue weighted by atomic mass is 19.1. The van der Waals surface area contributed by atoms with Gasteiger partial charge in [0.15, 0.2) is 0 Å². The van der Waals surface area contributed by atoms with Gasteiger partial charge in [-0.3, -0.25) is 4.79 Å². The molecular weight excluding hydrogens is 290 g/mol. The fraction of sp³-hybridized carbons (Fsp3) is 0.267. The number of halogens is 2. The number of carbonyl (C=O) groups excluding carboxylic acids is 1. The number of nitrogens with zero attached hydrogens (tertiary/aromatic N) is 2. The fourth-order valence-electron chi connectivity index (χ4n) is 1.72. The maximum absolute atomic E-state index is 13.5. The first kappa shape index (κ1) is 15.8. The quantitative estimate of drug-likeness (QED) is 0.804. The van der Waals surface area contributed by atoms with Crippen LogP contribution < -0.4 is 10.6 Å². The van der Waals surface area contributed by atoms with Crippen LogP contribution in [0, 0.1) is 11.6 Å². The Morgan fingerprint density at radius 3 is 2.82 bits per heavy atom. The number of unbranched alkanes of at least 4 members (excludes halogenated alkanes) is 1. The van der Waals surface area contributed by atoms with E-state index in [1.54, 1.807) is 0 Å². The second kappa shape index (κ2) is 7.44. The summed E-state index contributed by atoms with van der Waals surface area (Å²) in [5, 5.41) is 5.35. The van der Waals surface area contributed by atoms with Crippen molar-refractivity contribution in [1.82, 2.24) is 9.97 Å². The number of anilines is 2. The molecule has 2 aromatic rings. The number of hydrogen-bond donors (Lipinski definition) is 2. The SMILES string of the molecule is CCCCNc1nccc(C(=O)Nc2ccc(F)cc2F)n1. The van der Waals surface area contributed by atoms with Crippen LogP contribution in [0.2, 0.25) is 0 Å².